The molecule has 1 saturated heterocycles. The van der Waals surface area contributed by atoms with Crippen LogP contribution >= 0.6 is 0 Å². The maximum absolute atomic E-state index is 13.2. The zero-order chi connectivity index (χ0) is 57.5. The second kappa shape index (κ2) is 55.5. The maximum Gasteiger partial charge on any atom is 0.335 e. The maximum atomic E-state index is 13.2. The van der Waals surface area contributed by atoms with Gasteiger partial charge in [-0.2, -0.15) is 0 Å². The largest absolute Gasteiger partial charge is 0.479 e. The molecule has 0 amide bonds. The van der Waals surface area contributed by atoms with Crippen LogP contribution in [0.4, 0.5) is 0 Å². The van der Waals surface area contributed by atoms with Gasteiger partial charge in [0.05, 0.1) is 6.61 Å². The van der Waals surface area contributed by atoms with E-state index in [1.807, 2.05) is 0 Å². The minimum Gasteiger partial charge on any atom is -0.479 e. The summed E-state index contributed by atoms with van der Waals surface area (Å²) in [5, 5.41) is 31.6. The van der Waals surface area contributed by atoms with Gasteiger partial charge >= 0.3 is 23.9 Å². The van der Waals surface area contributed by atoms with Gasteiger partial charge in [0.15, 0.2) is 24.6 Å². The van der Waals surface area contributed by atoms with Crippen molar-refractivity contribution in [1.82, 2.24) is 0 Å². The predicted molar refractivity (Wildman–Crippen MR) is 322 cm³/mol. The number of rotatable bonds is 57. The van der Waals surface area contributed by atoms with Gasteiger partial charge in [-0.05, 0) is 57.8 Å². The summed E-state index contributed by atoms with van der Waals surface area (Å²) in [6.07, 6.45) is 53.8. The second-order valence-corrected chi connectivity index (χ2v) is 22.8. The number of aliphatic carboxylic acids is 1. The van der Waals surface area contributed by atoms with Crippen LogP contribution in [-0.4, -0.2) is 89.2 Å². The zero-order valence-corrected chi connectivity index (χ0v) is 50.9. The van der Waals surface area contributed by atoms with Crippen molar-refractivity contribution in [3.05, 3.63) is 36.5 Å². The number of hydrogen-bond acceptors (Lipinski definition) is 11. The fraction of sp³-hybridized carbons (Fsp3) is 0.851. The number of hydrogen-bond donors (Lipinski definition) is 3. The van der Waals surface area contributed by atoms with Crippen molar-refractivity contribution < 1.29 is 58.2 Å². The van der Waals surface area contributed by atoms with Crippen molar-refractivity contribution in [1.29, 1.82) is 0 Å². The van der Waals surface area contributed by atoms with Crippen molar-refractivity contribution in [3.8, 4) is 0 Å². The van der Waals surface area contributed by atoms with Crippen molar-refractivity contribution in [3.63, 3.8) is 0 Å². The average Bonchev–Trinajstić information content (AvgIpc) is 3.44. The molecule has 0 bridgehead atoms. The standard InChI is InChI=1S/C67H120O12/c1-4-7-10-13-16-19-22-25-28-29-30-31-34-37-40-43-46-49-52-55-61(70)78-65-63(72)62(71)64(66(73)74)79-67(65)76-57-58(77-60(69)54-51-48-45-42-39-36-33-27-24-21-18-15-12-9-6-3)56-75-59(68)53-50-47-44-41-38-35-32-26-23-20-17-14-11-8-5-2/h16,19,25,28,30-31,58,62-65,67,71-72H,4-15,17-18,20-24,26-27,29,32-57H2,1-3H3,(H,73,74)/b19-16-,28-25-,31-30-. The molecule has 79 heavy (non-hydrogen) atoms. The number of esters is 3. The number of carboxylic acids is 1. The summed E-state index contributed by atoms with van der Waals surface area (Å²) in [6, 6.07) is 0. The van der Waals surface area contributed by atoms with E-state index < -0.39 is 67.3 Å². The van der Waals surface area contributed by atoms with Crippen molar-refractivity contribution in [2.75, 3.05) is 13.2 Å². The first-order valence-corrected chi connectivity index (χ1v) is 33.0. The molecule has 0 radical (unpaired) electrons. The minimum absolute atomic E-state index is 0.0498. The Morgan fingerprint density at radius 3 is 1.18 bits per heavy atom. The Morgan fingerprint density at radius 2 is 0.759 bits per heavy atom. The number of unbranched alkanes of at least 4 members (excludes halogenated alkanes) is 37. The lowest BCUT2D eigenvalue weighted by atomic mass is 9.98. The summed E-state index contributed by atoms with van der Waals surface area (Å²) in [5.41, 5.74) is 0. The highest BCUT2D eigenvalue weighted by Crippen LogP contribution is 2.27. The summed E-state index contributed by atoms with van der Waals surface area (Å²) >= 11 is 0. The van der Waals surface area contributed by atoms with Crippen molar-refractivity contribution in [2.45, 2.75) is 353 Å². The second-order valence-electron chi connectivity index (χ2n) is 22.8. The molecule has 1 fully saturated rings. The highest BCUT2D eigenvalue weighted by atomic mass is 16.7. The Morgan fingerprint density at radius 1 is 0.418 bits per heavy atom. The minimum atomic E-state index is -1.90. The first-order chi connectivity index (χ1) is 38.6. The first kappa shape index (κ1) is 74.0. The number of carbonyl (C=O) groups is 4. The molecular formula is C67H120O12. The van der Waals surface area contributed by atoms with Gasteiger partial charge < -0.3 is 39.0 Å². The monoisotopic (exact) mass is 1120 g/mol. The smallest absolute Gasteiger partial charge is 0.335 e. The van der Waals surface area contributed by atoms with Gasteiger partial charge in [-0.25, -0.2) is 4.79 Å². The van der Waals surface area contributed by atoms with Crippen LogP contribution in [0.5, 0.6) is 0 Å². The highest BCUT2D eigenvalue weighted by Gasteiger charge is 2.50. The Kier molecular flexibility index (Phi) is 51.9. The molecule has 0 spiro atoms. The van der Waals surface area contributed by atoms with Crippen LogP contribution in [0.1, 0.15) is 316 Å². The number of ether oxygens (including phenoxy) is 5. The third-order valence-electron chi connectivity index (χ3n) is 15.2. The number of carbonyl (C=O) groups excluding carboxylic acids is 3. The summed E-state index contributed by atoms with van der Waals surface area (Å²) in [6.45, 7) is 6.02. The van der Waals surface area contributed by atoms with E-state index in [0.717, 1.165) is 89.9 Å². The Balaban J connectivity index is 2.64. The van der Waals surface area contributed by atoms with Gasteiger partial charge in [-0.1, -0.05) is 276 Å². The highest BCUT2D eigenvalue weighted by molar-refractivity contribution is 5.74. The summed E-state index contributed by atoms with van der Waals surface area (Å²) in [7, 11) is 0. The van der Waals surface area contributed by atoms with Gasteiger partial charge in [0.2, 0.25) is 0 Å². The summed E-state index contributed by atoms with van der Waals surface area (Å²) < 4.78 is 28.6. The number of allylic oxidation sites excluding steroid dienone is 6. The predicted octanol–water partition coefficient (Wildman–Crippen LogP) is 17.6. The van der Waals surface area contributed by atoms with Crippen LogP contribution in [0.3, 0.4) is 0 Å². The molecule has 6 atom stereocenters. The van der Waals surface area contributed by atoms with E-state index in [-0.39, 0.29) is 25.9 Å². The topological polar surface area (TPSA) is 175 Å². The Bertz CT molecular complexity index is 1510. The fourth-order valence-electron chi connectivity index (χ4n) is 10.1. The molecule has 3 N–H and O–H groups in total. The molecule has 12 nitrogen and oxygen atoms in total. The number of aliphatic hydroxyl groups excluding tert-OH is 2. The lowest BCUT2D eigenvalue weighted by molar-refractivity contribution is -0.301. The molecule has 0 aliphatic carbocycles. The van der Waals surface area contributed by atoms with E-state index in [9.17, 15) is 34.5 Å². The molecule has 0 aromatic rings. The van der Waals surface area contributed by atoms with Gasteiger partial charge in [0.1, 0.15) is 18.8 Å². The molecule has 1 heterocycles. The molecule has 12 heteroatoms. The Hall–Kier alpha value is -3.06. The van der Waals surface area contributed by atoms with E-state index in [2.05, 4.69) is 57.2 Å². The van der Waals surface area contributed by atoms with E-state index >= 15 is 0 Å². The molecule has 1 rings (SSSR count). The van der Waals surface area contributed by atoms with Crippen molar-refractivity contribution >= 4 is 23.9 Å². The lowest BCUT2D eigenvalue weighted by Gasteiger charge is -2.40. The SMILES string of the molecule is CCCCC/C=C\C/C=C\C/C=C\CCCCCCCCC(=O)OC1C(OCC(COC(=O)CCCCCCCCCCCCCCCCC)OC(=O)CCCCCCCCCCCCCCCCC)OC(C(=O)O)C(O)C1O. The molecule has 6 unspecified atom stereocenters. The molecule has 0 aromatic heterocycles. The first-order valence-electron chi connectivity index (χ1n) is 33.0. The van der Waals surface area contributed by atoms with E-state index in [4.69, 9.17) is 23.7 Å². The average molecular weight is 1120 g/mol. The van der Waals surface area contributed by atoms with Gasteiger partial charge in [0, 0.05) is 19.3 Å². The third kappa shape index (κ3) is 45.2. The molecule has 0 saturated carbocycles. The van der Waals surface area contributed by atoms with Crippen LogP contribution in [0.2, 0.25) is 0 Å². The van der Waals surface area contributed by atoms with Crippen LogP contribution < -0.4 is 0 Å². The Labute approximate surface area is 482 Å². The normalized spacial score (nSPS) is 18.0. The van der Waals surface area contributed by atoms with Crippen LogP contribution in [-0.2, 0) is 42.9 Å². The molecule has 460 valence electrons. The van der Waals surface area contributed by atoms with Crippen LogP contribution in [0.25, 0.3) is 0 Å². The van der Waals surface area contributed by atoms with Crippen molar-refractivity contribution in [2.24, 2.45) is 0 Å². The van der Waals surface area contributed by atoms with Crippen LogP contribution in [0, 0.1) is 0 Å². The molecule has 1 aliphatic heterocycles. The fourth-order valence-corrected chi connectivity index (χ4v) is 10.1. The molecular weight excluding hydrogens is 997 g/mol. The molecule has 1 aliphatic rings. The van der Waals surface area contributed by atoms with Gasteiger partial charge in [0.25, 0.3) is 0 Å². The number of carboxylic acid groups (broad SMARTS) is 1. The zero-order valence-electron chi connectivity index (χ0n) is 50.9. The van der Waals surface area contributed by atoms with E-state index in [0.29, 0.717) is 19.3 Å². The summed E-state index contributed by atoms with van der Waals surface area (Å²) in [5.74, 6) is -3.10. The van der Waals surface area contributed by atoms with Gasteiger partial charge in [-0.3, -0.25) is 14.4 Å². The van der Waals surface area contributed by atoms with Crippen LogP contribution in [0.15, 0.2) is 36.5 Å². The third-order valence-corrected chi connectivity index (χ3v) is 15.2. The van der Waals surface area contributed by atoms with E-state index in [1.54, 1.807) is 0 Å². The van der Waals surface area contributed by atoms with E-state index in [1.165, 1.54) is 167 Å². The molecule has 0 aromatic carbocycles. The lowest BCUT2D eigenvalue weighted by Crippen LogP contribution is -2.61. The summed E-state index contributed by atoms with van der Waals surface area (Å²) in [4.78, 5) is 51.3. The number of aliphatic hydroxyl groups is 2. The van der Waals surface area contributed by atoms with Gasteiger partial charge in [-0.15, -0.1) is 0 Å². The quantitative estimate of drug-likeness (QED) is 0.0228.